The van der Waals surface area contributed by atoms with Gasteiger partial charge in [0.25, 0.3) is 0 Å². The van der Waals surface area contributed by atoms with Gasteiger partial charge in [-0.3, -0.25) is 15.4 Å². The minimum atomic E-state index is -0.735. The van der Waals surface area contributed by atoms with Gasteiger partial charge >= 0.3 is 5.97 Å². The van der Waals surface area contributed by atoms with Crippen LogP contribution in [0.4, 0.5) is 0 Å². The molecule has 1 saturated heterocycles. The van der Waals surface area contributed by atoms with Crippen molar-refractivity contribution in [3.8, 4) is 0 Å². The second kappa shape index (κ2) is 8.53. The first-order valence-electron chi connectivity index (χ1n) is 6.91. The topological polar surface area (TPSA) is 72.6 Å². The number of carbonyl (C=O) groups is 2. The van der Waals surface area contributed by atoms with Gasteiger partial charge in [0.2, 0.25) is 0 Å². The summed E-state index contributed by atoms with van der Waals surface area (Å²) < 4.78 is 4.70. The molecule has 0 aliphatic carbocycles. The Hall–Kier alpha value is -1.08. The molecule has 0 aromatic heterocycles. The third-order valence-electron chi connectivity index (χ3n) is 3.69. The predicted molar refractivity (Wildman–Crippen MR) is 89.5 cm³/mol. The van der Waals surface area contributed by atoms with Crippen molar-refractivity contribution in [1.29, 1.82) is 0 Å². The quantitative estimate of drug-likeness (QED) is 0.501. The molecule has 122 valence electrons. The van der Waals surface area contributed by atoms with Gasteiger partial charge < -0.3 is 4.74 Å². The van der Waals surface area contributed by atoms with Gasteiger partial charge in [-0.25, -0.2) is 5.01 Å². The molecule has 7 heteroatoms. The van der Waals surface area contributed by atoms with E-state index < -0.39 is 17.9 Å². The SMILES string of the molecule is CCC(C(=O)OC)C(=O)C1CSC(c2ccccc2)N1N.Cl. The summed E-state index contributed by atoms with van der Waals surface area (Å²) in [4.78, 5) is 24.2. The standard InChI is InChI=1S/C15H20N2O3S.ClH/c1-3-11(15(19)20-2)13(18)12-9-21-14(17(12)16)10-7-5-4-6-8-10;/h4-8,11-12,14H,3,9,16H2,1-2H3;1H. The van der Waals surface area contributed by atoms with Crippen molar-refractivity contribution in [3.05, 3.63) is 35.9 Å². The van der Waals surface area contributed by atoms with Gasteiger partial charge in [-0.05, 0) is 12.0 Å². The van der Waals surface area contributed by atoms with E-state index in [1.807, 2.05) is 30.3 Å². The first kappa shape index (κ1) is 19.0. The molecule has 1 aliphatic heterocycles. The van der Waals surface area contributed by atoms with E-state index in [4.69, 9.17) is 10.6 Å². The lowest BCUT2D eigenvalue weighted by Gasteiger charge is -2.25. The van der Waals surface area contributed by atoms with Crippen molar-refractivity contribution in [1.82, 2.24) is 5.01 Å². The number of nitrogens with zero attached hydrogens (tertiary/aromatic N) is 1. The molecule has 1 fully saturated rings. The maximum Gasteiger partial charge on any atom is 0.316 e. The molecule has 1 heterocycles. The van der Waals surface area contributed by atoms with Crippen LogP contribution in [0.15, 0.2) is 30.3 Å². The van der Waals surface area contributed by atoms with Crippen molar-refractivity contribution in [2.45, 2.75) is 24.8 Å². The summed E-state index contributed by atoms with van der Waals surface area (Å²) in [5.74, 6) is 5.34. The lowest BCUT2D eigenvalue weighted by Crippen LogP contribution is -2.47. The third-order valence-corrected chi connectivity index (χ3v) is 5.03. The van der Waals surface area contributed by atoms with Crippen LogP contribution in [0.5, 0.6) is 0 Å². The Morgan fingerprint density at radius 2 is 2.05 bits per heavy atom. The van der Waals surface area contributed by atoms with Gasteiger partial charge in [0.15, 0.2) is 5.78 Å². The third kappa shape index (κ3) is 3.81. The molecule has 2 rings (SSSR count). The summed E-state index contributed by atoms with van der Waals surface area (Å²) in [6.45, 7) is 1.80. The number of thioether (sulfide) groups is 1. The summed E-state index contributed by atoms with van der Waals surface area (Å²) in [5, 5.41) is 1.50. The van der Waals surface area contributed by atoms with E-state index >= 15 is 0 Å². The average molecular weight is 345 g/mol. The van der Waals surface area contributed by atoms with Crippen LogP contribution in [0.3, 0.4) is 0 Å². The monoisotopic (exact) mass is 344 g/mol. The molecule has 1 aromatic rings. The first-order valence-corrected chi connectivity index (χ1v) is 7.96. The second-order valence-corrected chi connectivity index (χ2v) is 6.06. The Bertz CT molecular complexity index is 515. The van der Waals surface area contributed by atoms with Crippen LogP contribution in [0, 0.1) is 5.92 Å². The Morgan fingerprint density at radius 3 is 2.59 bits per heavy atom. The zero-order chi connectivity index (χ0) is 15.4. The van der Waals surface area contributed by atoms with Crippen LogP contribution in [0.2, 0.25) is 0 Å². The zero-order valence-electron chi connectivity index (χ0n) is 12.6. The number of nitrogens with two attached hydrogens (primary N) is 1. The number of hydrazine groups is 1. The number of carbonyl (C=O) groups excluding carboxylic acids is 2. The van der Waals surface area contributed by atoms with Crippen LogP contribution >= 0.6 is 24.2 Å². The highest BCUT2D eigenvalue weighted by Gasteiger charge is 2.41. The number of hydrogen-bond donors (Lipinski definition) is 1. The predicted octanol–water partition coefficient (Wildman–Crippen LogP) is 2.17. The van der Waals surface area contributed by atoms with Crippen molar-refractivity contribution in [3.63, 3.8) is 0 Å². The van der Waals surface area contributed by atoms with Crippen LogP contribution in [-0.4, -0.2) is 35.7 Å². The van der Waals surface area contributed by atoms with Gasteiger partial charge in [-0.2, -0.15) is 0 Å². The highest BCUT2D eigenvalue weighted by atomic mass is 35.5. The Kier molecular flexibility index (Phi) is 7.35. The van der Waals surface area contributed by atoms with E-state index in [1.54, 1.807) is 23.7 Å². The van der Waals surface area contributed by atoms with Crippen LogP contribution in [0.25, 0.3) is 0 Å². The summed E-state index contributed by atoms with van der Waals surface area (Å²) in [6.07, 6.45) is 0.427. The average Bonchev–Trinajstić information content (AvgIpc) is 2.90. The summed E-state index contributed by atoms with van der Waals surface area (Å²) in [5.41, 5.74) is 1.06. The zero-order valence-corrected chi connectivity index (χ0v) is 14.2. The van der Waals surface area contributed by atoms with E-state index in [-0.39, 0.29) is 23.6 Å². The van der Waals surface area contributed by atoms with Crippen LogP contribution < -0.4 is 5.84 Å². The van der Waals surface area contributed by atoms with Crippen molar-refractivity contribution in [2.24, 2.45) is 11.8 Å². The van der Waals surface area contributed by atoms with Gasteiger partial charge in [-0.15, -0.1) is 24.2 Å². The molecule has 3 atom stereocenters. The van der Waals surface area contributed by atoms with Gasteiger partial charge in [0.1, 0.15) is 5.92 Å². The van der Waals surface area contributed by atoms with Crippen molar-refractivity contribution >= 4 is 35.9 Å². The molecular formula is C15H21ClN2O3S. The van der Waals surface area contributed by atoms with E-state index in [0.717, 1.165) is 5.56 Å². The molecule has 2 N–H and O–H groups in total. The lowest BCUT2D eigenvalue weighted by atomic mass is 9.96. The molecule has 1 aliphatic rings. The number of benzene rings is 1. The highest BCUT2D eigenvalue weighted by molar-refractivity contribution is 7.99. The first-order chi connectivity index (χ1) is 10.1. The lowest BCUT2D eigenvalue weighted by molar-refractivity contribution is -0.150. The Morgan fingerprint density at radius 1 is 1.41 bits per heavy atom. The smallest absolute Gasteiger partial charge is 0.316 e. The fourth-order valence-electron chi connectivity index (χ4n) is 2.49. The normalized spacial score (nSPS) is 22.7. The number of Topliss-reactive ketones (excluding diaryl/α,β-unsaturated/α-hetero) is 1. The number of methoxy groups -OCH3 is 1. The Balaban J connectivity index is 0.00000242. The fraction of sp³-hybridized carbons (Fsp3) is 0.467. The molecule has 0 amide bonds. The molecule has 0 saturated carbocycles. The number of ether oxygens (including phenoxy) is 1. The summed E-state index contributed by atoms with van der Waals surface area (Å²) >= 11 is 1.62. The second-order valence-electron chi connectivity index (χ2n) is 4.95. The Labute approximate surface area is 140 Å². The molecule has 0 radical (unpaired) electrons. The summed E-state index contributed by atoms with van der Waals surface area (Å²) in [6, 6.07) is 9.36. The summed E-state index contributed by atoms with van der Waals surface area (Å²) in [7, 11) is 1.30. The van der Waals surface area contributed by atoms with Gasteiger partial charge in [0.05, 0.1) is 18.5 Å². The van der Waals surface area contributed by atoms with E-state index in [0.29, 0.717) is 12.2 Å². The maximum atomic E-state index is 12.5. The molecule has 0 spiro atoms. The number of hydrogen-bond acceptors (Lipinski definition) is 6. The molecule has 1 aromatic carbocycles. The number of ketones is 1. The van der Waals surface area contributed by atoms with E-state index in [1.165, 1.54) is 7.11 Å². The highest BCUT2D eigenvalue weighted by Crippen LogP contribution is 2.39. The number of rotatable bonds is 5. The molecular weight excluding hydrogens is 324 g/mol. The van der Waals surface area contributed by atoms with Gasteiger partial charge in [0, 0.05) is 5.75 Å². The number of esters is 1. The van der Waals surface area contributed by atoms with Crippen LogP contribution in [0.1, 0.15) is 24.3 Å². The van der Waals surface area contributed by atoms with Crippen LogP contribution in [-0.2, 0) is 14.3 Å². The van der Waals surface area contributed by atoms with Gasteiger partial charge in [-0.1, -0.05) is 37.3 Å². The maximum absolute atomic E-state index is 12.5. The van der Waals surface area contributed by atoms with Crippen molar-refractivity contribution < 1.29 is 14.3 Å². The largest absolute Gasteiger partial charge is 0.468 e. The minimum Gasteiger partial charge on any atom is -0.468 e. The number of halogens is 1. The van der Waals surface area contributed by atoms with Crippen molar-refractivity contribution in [2.75, 3.05) is 12.9 Å². The molecule has 0 bridgehead atoms. The molecule has 22 heavy (non-hydrogen) atoms. The fourth-order valence-corrected chi connectivity index (χ4v) is 3.86. The van der Waals surface area contributed by atoms with E-state index in [2.05, 4.69) is 0 Å². The molecule has 3 unspecified atom stereocenters. The molecule has 5 nitrogen and oxygen atoms in total. The minimum absolute atomic E-state index is 0. The van der Waals surface area contributed by atoms with E-state index in [9.17, 15) is 9.59 Å².